The van der Waals surface area contributed by atoms with Gasteiger partial charge in [-0.3, -0.25) is 0 Å². The third-order valence-electron chi connectivity index (χ3n) is 3.06. The van der Waals surface area contributed by atoms with Crippen LogP contribution in [-0.4, -0.2) is 10.7 Å². The summed E-state index contributed by atoms with van der Waals surface area (Å²) in [6.45, 7) is 5.24. The van der Waals surface area contributed by atoms with Gasteiger partial charge in [0.15, 0.2) is 0 Å². The summed E-state index contributed by atoms with van der Waals surface area (Å²) in [5, 5.41) is 2.13. The van der Waals surface area contributed by atoms with E-state index in [1.54, 1.807) is 11.7 Å². The minimum Gasteiger partial charge on any atom is -0.331 e. The Morgan fingerprint density at radius 1 is 1.00 bits per heavy atom. The van der Waals surface area contributed by atoms with E-state index in [-0.39, 0.29) is 0 Å². The highest BCUT2D eigenvalue weighted by atomic mass is 16.7. The molecule has 0 saturated carbocycles. The van der Waals surface area contributed by atoms with Crippen LogP contribution in [0.5, 0.6) is 0 Å². The summed E-state index contributed by atoms with van der Waals surface area (Å²) in [5.41, 5.74) is 2.12. The number of hydrogen-bond donors (Lipinski definition) is 0. The lowest BCUT2D eigenvalue weighted by atomic mass is 10.2. The molecule has 1 aromatic heterocycles. The Bertz CT molecular complexity index is 745. The van der Waals surface area contributed by atoms with E-state index >= 15 is 0 Å². The average Bonchev–Trinajstić information content (AvgIpc) is 2.74. The van der Waals surface area contributed by atoms with Crippen LogP contribution in [0.3, 0.4) is 0 Å². The van der Waals surface area contributed by atoms with Crippen LogP contribution < -0.4 is 4.84 Å². The molecule has 3 heteroatoms. The molecule has 0 bridgehead atoms. The summed E-state index contributed by atoms with van der Waals surface area (Å²) < 4.78 is 1.57. The van der Waals surface area contributed by atoms with Crippen LogP contribution >= 0.6 is 0 Å². The average molecular weight is 251 g/mol. The van der Waals surface area contributed by atoms with Crippen molar-refractivity contribution in [1.29, 1.82) is 0 Å². The van der Waals surface area contributed by atoms with Crippen molar-refractivity contribution in [2.75, 3.05) is 0 Å². The maximum Gasteiger partial charge on any atom is 0.358 e. The highest BCUT2D eigenvalue weighted by molar-refractivity contribution is 6.08. The lowest BCUT2D eigenvalue weighted by molar-refractivity contribution is -0.138. The van der Waals surface area contributed by atoms with Gasteiger partial charge in [0.1, 0.15) is 0 Å². The first kappa shape index (κ1) is 11.5. The Labute approximate surface area is 110 Å². The van der Waals surface area contributed by atoms with E-state index in [4.69, 9.17) is 4.84 Å². The molecule has 3 aromatic rings. The second kappa shape index (κ2) is 4.28. The molecule has 0 amide bonds. The van der Waals surface area contributed by atoms with Crippen LogP contribution in [0.15, 0.2) is 60.7 Å². The maximum absolute atomic E-state index is 11.8. The molecular formula is C16H13NO2. The molecule has 0 aliphatic carbocycles. The molecule has 3 rings (SSSR count). The lowest BCUT2D eigenvalue weighted by Gasteiger charge is -2.07. The Hall–Kier alpha value is -2.55. The molecule has 0 spiro atoms. The molecule has 0 aliphatic rings. The summed E-state index contributed by atoms with van der Waals surface area (Å²) in [6, 6.07) is 15.7. The van der Waals surface area contributed by atoms with Crippen LogP contribution in [0.2, 0.25) is 0 Å². The number of aromatic nitrogens is 1. The van der Waals surface area contributed by atoms with Crippen molar-refractivity contribution >= 4 is 27.8 Å². The SMILES string of the molecule is C=C(C)C(=O)On1c2ccccc2c2ccccc21. The summed E-state index contributed by atoms with van der Waals surface area (Å²) >= 11 is 0. The summed E-state index contributed by atoms with van der Waals surface area (Å²) in [4.78, 5) is 17.2. The van der Waals surface area contributed by atoms with Gasteiger partial charge in [0.25, 0.3) is 0 Å². The van der Waals surface area contributed by atoms with Crippen molar-refractivity contribution in [2.24, 2.45) is 0 Å². The largest absolute Gasteiger partial charge is 0.358 e. The molecular weight excluding hydrogens is 238 g/mol. The molecule has 0 atom stereocenters. The molecule has 0 aliphatic heterocycles. The molecule has 0 radical (unpaired) electrons. The number of nitrogens with zero attached hydrogens (tertiary/aromatic N) is 1. The number of hydrogen-bond acceptors (Lipinski definition) is 2. The van der Waals surface area contributed by atoms with E-state index in [0.717, 1.165) is 21.8 Å². The van der Waals surface area contributed by atoms with E-state index in [1.807, 2.05) is 48.5 Å². The maximum atomic E-state index is 11.8. The second-order valence-corrected chi connectivity index (χ2v) is 4.49. The minimum absolute atomic E-state index is 0.377. The quantitative estimate of drug-likeness (QED) is 0.654. The zero-order valence-electron chi connectivity index (χ0n) is 10.6. The fourth-order valence-electron chi connectivity index (χ4n) is 2.15. The van der Waals surface area contributed by atoms with Crippen LogP contribution in [0.25, 0.3) is 21.8 Å². The Balaban J connectivity index is 2.30. The van der Waals surface area contributed by atoms with Gasteiger partial charge in [-0.15, -0.1) is 0 Å². The van der Waals surface area contributed by atoms with Gasteiger partial charge in [-0.25, -0.2) is 4.79 Å². The van der Waals surface area contributed by atoms with Crippen LogP contribution in [0.1, 0.15) is 6.92 Å². The van der Waals surface area contributed by atoms with Crippen LogP contribution in [0.4, 0.5) is 0 Å². The number of rotatable bonds is 2. The highest BCUT2D eigenvalue weighted by Gasteiger charge is 2.13. The van der Waals surface area contributed by atoms with Gasteiger partial charge in [-0.05, 0) is 19.1 Å². The Morgan fingerprint density at radius 3 is 1.95 bits per heavy atom. The van der Waals surface area contributed by atoms with Gasteiger partial charge in [0, 0.05) is 16.3 Å². The van der Waals surface area contributed by atoms with E-state index in [0.29, 0.717) is 5.57 Å². The zero-order valence-corrected chi connectivity index (χ0v) is 10.6. The first-order chi connectivity index (χ1) is 9.18. The molecule has 94 valence electrons. The van der Waals surface area contributed by atoms with Crippen LogP contribution in [-0.2, 0) is 4.79 Å². The zero-order chi connectivity index (χ0) is 13.4. The molecule has 0 fully saturated rings. The number of carbonyl (C=O) groups is 1. The summed E-state index contributed by atoms with van der Waals surface area (Å²) in [6.07, 6.45) is 0. The fraction of sp³-hybridized carbons (Fsp3) is 0.0625. The van der Waals surface area contributed by atoms with Crippen molar-refractivity contribution in [3.05, 3.63) is 60.7 Å². The second-order valence-electron chi connectivity index (χ2n) is 4.49. The first-order valence-corrected chi connectivity index (χ1v) is 6.05. The van der Waals surface area contributed by atoms with E-state index < -0.39 is 5.97 Å². The van der Waals surface area contributed by atoms with Gasteiger partial charge in [0.2, 0.25) is 0 Å². The van der Waals surface area contributed by atoms with E-state index in [1.165, 1.54) is 0 Å². The Morgan fingerprint density at radius 2 is 1.47 bits per heavy atom. The normalized spacial score (nSPS) is 10.8. The van der Waals surface area contributed by atoms with Gasteiger partial charge in [-0.1, -0.05) is 43.0 Å². The predicted molar refractivity (Wildman–Crippen MR) is 75.8 cm³/mol. The third-order valence-corrected chi connectivity index (χ3v) is 3.06. The number of fused-ring (bicyclic) bond motifs is 3. The topological polar surface area (TPSA) is 31.2 Å². The van der Waals surface area contributed by atoms with E-state index in [2.05, 4.69) is 6.58 Å². The van der Waals surface area contributed by atoms with Crippen molar-refractivity contribution in [2.45, 2.75) is 6.92 Å². The molecule has 1 heterocycles. The molecule has 0 N–H and O–H groups in total. The molecule has 19 heavy (non-hydrogen) atoms. The Kier molecular flexibility index (Phi) is 2.60. The van der Waals surface area contributed by atoms with Gasteiger partial charge in [-0.2, -0.15) is 4.73 Å². The standard InChI is InChI=1S/C16H13NO2/c1-11(2)16(18)19-17-14-9-5-3-7-12(14)13-8-4-6-10-15(13)17/h3-10H,1H2,2H3. The minimum atomic E-state index is -0.425. The van der Waals surface area contributed by atoms with Crippen molar-refractivity contribution < 1.29 is 9.63 Å². The number of benzene rings is 2. The van der Waals surface area contributed by atoms with Gasteiger partial charge < -0.3 is 4.84 Å². The monoisotopic (exact) mass is 251 g/mol. The summed E-state index contributed by atoms with van der Waals surface area (Å²) in [7, 11) is 0. The first-order valence-electron chi connectivity index (χ1n) is 6.05. The molecule has 2 aromatic carbocycles. The van der Waals surface area contributed by atoms with Crippen molar-refractivity contribution in [3.8, 4) is 0 Å². The van der Waals surface area contributed by atoms with Crippen molar-refractivity contribution in [1.82, 2.24) is 4.73 Å². The number of carbonyl (C=O) groups excluding carboxylic acids is 1. The fourth-order valence-corrected chi connectivity index (χ4v) is 2.15. The lowest BCUT2D eigenvalue weighted by Crippen LogP contribution is -2.19. The van der Waals surface area contributed by atoms with Gasteiger partial charge >= 0.3 is 5.97 Å². The molecule has 0 saturated heterocycles. The molecule has 0 unspecified atom stereocenters. The van der Waals surface area contributed by atoms with E-state index in [9.17, 15) is 4.79 Å². The van der Waals surface area contributed by atoms with Gasteiger partial charge in [0.05, 0.1) is 11.0 Å². The highest BCUT2D eigenvalue weighted by Crippen LogP contribution is 2.27. The molecule has 3 nitrogen and oxygen atoms in total. The predicted octanol–water partition coefficient (Wildman–Crippen LogP) is 3.33. The summed E-state index contributed by atoms with van der Waals surface area (Å²) in [5.74, 6) is -0.425. The van der Waals surface area contributed by atoms with Crippen molar-refractivity contribution in [3.63, 3.8) is 0 Å². The van der Waals surface area contributed by atoms with Crippen LogP contribution in [0, 0.1) is 0 Å². The smallest absolute Gasteiger partial charge is 0.331 e. The number of para-hydroxylation sites is 2. The third kappa shape index (κ3) is 1.80.